The topological polar surface area (TPSA) is 87.3 Å². The second-order valence-corrected chi connectivity index (χ2v) is 5.81. The van der Waals surface area contributed by atoms with Crippen molar-refractivity contribution in [1.82, 2.24) is 10.6 Å². The third kappa shape index (κ3) is 2.37. The summed E-state index contributed by atoms with van der Waals surface area (Å²) in [7, 11) is 0. The Bertz CT molecular complexity index is 641. The van der Waals surface area contributed by atoms with Crippen molar-refractivity contribution in [1.29, 1.82) is 0 Å². The maximum absolute atomic E-state index is 12.5. The molecular formula is C15H17N3O3. The lowest BCUT2D eigenvalue weighted by Gasteiger charge is -2.31. The molecule has 2 aliphatic heterocycles. The Morgan fingerprint density at radius 3 is 2.86 bits per heavy atom. The minimum atomic E-state index is -0.707. The third-order valence-corrected chi connectivity index (χ3v) is 4.19. The normalized spacial score (nSPS) is 24.0. The van der Waals surface area contributed by atoms with Gasteiger partial charge in [-0.3, -0.25) is 14.4 Å². The average Bonchev–Trinajstić information content (AvgIpc) is 2.81. The molecule has 0 aliphatic carbocycles. The van der Waals surface area contributed by atoms with Crippen LogP contribution < -0.4 is 16.0 Å². The molecule has 110 valence electrons. The zero-order chi connectivity index (χ0) is 15.0. The number of carbonyl (C=O) groups is 3. The van der Waals surface area contributed by atoms with Gasteiger partial charge in [0.2, 0.25) is 11.8 Å². The van der Waals surface area contributed by atoms with Gasteiger partial charge < -0.3 is 16.0 Å². The number of rotatable bonds is 2. The van der Waals surface area contributed by atoms with Crippen molar-refractivity contribution in [2.24, 2.45) is 5.41 Å². The van der Waals surface area contributed by atoms with E-state index in [4.69, 9.17) is 0 Å². The molecule has 2 aliphatic rings. The molecule has 0 aromatic heterocycles. The maximum atomic E-state index is 12.5. The van der Waals surface area contributed by atoms with Gasteiger partial charge in [-0.2, -0.15) is 0 Å². The van der Waals surface area contributed by atoms with Crippen LogP contribution in [0.15, 0.2) is 18.2 Å². The summed E-state index contributed by atoms with van der Waals surface area (Å²) in [6.45, 7) is 2.73. The molecule has 1 atom stereocenters. The standard InChI is InChI=1S/C15H17N3O3/c1-15(5-6-16-12(19)7-15)14(21)18-11-4-2-3-9-10(11)8-17-13(9)20/h2-4H,5-8H2,1H3,(H,16,19)(H,17,20)(H,18,21). The number of nitrogens with one attached hydrogen (secondary N) is 3. The lowest BCUT2D eigenvalue weighted by Crippen LogP contribution is -2.45. The summed E-state index contributed by atoms with van der Waals surface area (Å²) in [5, 5.41) is 8.35. The molecule has 2 heterocycles. The molecule has 0 bridgehead atoms. The molecule has 1 aromatic rings. The van der Waals surface area contributed by atoms with E-state index in [9.17, 15) is 14.4 Å². The van der Waals surface area contributed by atoms with E-state index in [2.05, 4.69) is 16.0 Å². The second kappa shape index (κ2) is 4.87. The lowest BCUT2D eigenvalue weighted by molar-refractivity contribution is -0.134. The number of hydrogen-bond acceptors (Lipinski definition) is 3. The van der Waals surface area contributed by atoms with Crippen LogP contribution in [0.3, 0.4) is 0 Å². The van der Waals surface area contributed by atoms with Crippen LogP contribution in [-0.4, -0.2) is 24.3 Å². The maximum Gasteiger partial charge on any atom is 0.251 e. The van der Waals surface area contributed by atoms with E-state index in [1.165, 1.54) is 0 Å². The van der Waals surface area contributed by atoms with Gasteiger partial charge in [0.25, 0.3) is 5.91 Å². The first kappa shape index (κ1) is 13.6. The molecule has 3 N–H and O–H groups in total. The number of anilines is 1. The number of benzene rings is 1. The van der Waals surface area contributed by atoms with Gasteiger partial charge in [-0.05, 0) is 18.6 Å². The van der Waals surface area contributed by atoms with Gasteiger partial charge in [-0.25, -0.2) is 0 Å². The van der Waals surface area contributed by atoms with Gasteiger partial charge in [-0.1, -0.05) is 13.0 Å². The fourth-order valence-corrected chi connectivity index (χ4v) is 2.82. The molecule has 6 heteroatoms. The van der Waals surface area contributed by atoms with Gasteiger partial charge in [0.1, 0.15) is 0 Å². The molecule has 1 unspecified atom stereocenters. The molecule has 1 fully saturated rings. The lowest BCUT2D eigenvalue weighted by atomic mass is 9.79. The van der Waals surface area contributed by atoms with Crippen molar-refractivity contribution >= 4 is 23.4 Å². The van der Waals surface area contributed by atoms with Gasteiger partial charge in [-0.15, -0.1) is 0 Å². The van der Waals surface area contributed by atoms with E-state index in [-0.39, 0.29) is 24.1 Å². The third-order valence-electron chi connectivity index (χ3n) is 4.19. The molecule has 0 spiro atoms. The van der Waals surface area contributed by atoms with Crippen LogP contribution in [0.4, 0.5) is 5.69 Å². The Labute approximate surface area is 122 Å². The van der Waals surface area contributed by atoms with E-state index in [0.717, 1.165) is 5.56 Å². The SMILES string of the molecule is CC1(C(=O)Nc2cccc3c2CNC3=O)CCNC(=O)C1. The molecule has 6 nitrogen and oxygen atoms in total. The summed E-state index contributed by atoms with van der Waals surface area (Å²) < 4.78 is 0. The molecule has 0 radical (unpaired) electrons. The highest BCUT2D eigenvalue weighted by molar-refractivity contribution is 6.03. The highest BCUT2D eigenvalue weighted by Crippen LogP contribution is 2.32. The Hall–Kier alpha value is -2.37. The Morgan fingerprint density at radius 1 is 1.29 bits per heavy atom. The summed E-state index contributed by atoms with van der Waals surface area (Å²) >= 11 is 0. The fraction of sp³-hybridized carbons (Fsp3) is 0.400. The van der Waals surface area contributed by atoms with Crippen molar-refractivity contribution in [3.63, 3.8) is 0 Å². The van der Waals surface area contributed by atoms with Crippen molar-refractivity contribution in [3.8, 4) is 0 Å². The largest absolute Gasteiger partial charge is 0.356 e. The van der Waals surface area contributed by atoms with Crippen LogP contribution in [0.1, 0.15) is 35.7 Å². The summed E-state index contributed by atoms with van der Waals surface area (Å²) in [5.74, 6) is -0.400. The molecule has 3 amide bonds. The minimum Gasteiger partial charge on any atom is -0.356 e. The zero-order valence-electron chi connectivity index (χ0n) is 11.8. The first-order valence-electron chi connectivity index (χ1n) is 6.98. The first-order chi connectivity index (χ1) is 9.99. The Balaban J connectivity index is 1.83. The van der Waals surface area contributed by atoms with Gasteiger partial charge in [0.15, 0.2) is 0 Å². The van der Waals surface area contributed by atoms with Gasteiger partial charge in [0.05, 0.1) is 5.41 Å². The molecule has 0 saturated carbocycles. The van der Waals surface area contributed by atoms with Crippen LogP contribution in [0.2, 0.25) is 0 Å². The second-order valence-electron chi connectivity index (χ2n) is 5.81. The van der Waals surface area contributed by atoms with Crippen molar-refractivity contribution in [2.75, 3.05) is 11.9 Å². The summed E-state index contributed by atoms with van der Waals surface area (Å²) in [5.41, 5.74) is 1.34. The first-order valence-corrected chi connectivity index (χ1v) is 6.98. The van der Waals surface area contributed by atoms with Crippen molar-refractivity contribution in [3.05, 3.63) is 29.3 Å². The minimum absolute atomic E-state index is 0.103. The number of fused-ring (bicyclic) bond motifs is 1. The average molecular weight is 287 g/mol. The molecule has 1 aromatic carbocycles. The zero-order valence-corrected chi connectivity index (χ0v) is 11.8. The predicted octanol–water partition coefficient (Wildman–Crippen LogP) is 0.785. The highest BCUT2D eigenvalue weighted by atomic mass is 16.2. The Morgan fingerprint density at radius 2 is 2.10 bits per heavy atom. The van der Waals surface area contributed by atoms with E-state index in [1.807, 2.05) is 0 Å². The molecule has 3 rings (SSSR count). The van der Waals surface area contributed by atoms with Crippen molar-refractivity contribution in [2.45, 2.75) is 26.3 Å². The fourth-order valence-electron chi connectivity index (χ4n) is 2.82. The van der Waals surface area contributed by atoms with Crippen LogP contribution in [-0.2, 0) is 16.1 Å². The van der Waals surface area contributed by atoms with Gasteiger partial charge >= 0.3 is 0 Å². The number of piperidine rings is 1. The van der Waals surface area contributed by atoms with Crippen LogP contribution >= 0.6 is 0 Å². The number of amides is 3. The van der Waals surface area contributed by atoms with Gasteiger partial charge in [0, 0.05) is 36.3 Å². The predicted molar refractivity (Wildman–Crippen MR) is 76.6 cm³/mol. The Kier molecular flexibility index (Phi) is 3.16. The van der Waals surface area contributed by atoms with Crippen LogP contribution in [0.5, 0.6) is 0 Å². The van der Waals surface area contributed by atoms with E-state index in [1.54, 1.807) is 25.1 Å². The number of hydrogen-bond donors (Lipinski definition) is 3. The quantitative estimate of drug-likeness (QED) is 0.751. The summed E-state index contributed by atoms with van der Waals surface area (Å²) in [6.07, 6.45) is 0.793. The summed E-state index contributed by atoms with van der Waals surface area (Å²) in [6, 6.07) is 5.27. The van der Waals surface area contributed by atoms with E-state index < -0.39 is 5.41 Å². The number of carbonyl (C=O) groups excluding carboxylic acids is 3. The highest BCUT2D eigenvalue weighted by Gasteiger charge is 2.38. The molecular weight excluding hydrogens is 270 g/mol. The van der Waals surface area contributed by atoms with E-state index in [0.29, 0.717) is 30.8 Å². The van der Waals surface area contributed by atoms with E-state index >= 15 is 0 Å². The van der Waals surface area contributed by atoms with Crippen molar-refractivity contribution < 1.29 is 14.4 Å². The smallest absolute Gasteiger partial charge is 0.251 e. The monoisotopic (exact) mass is 287 g/mol. The van der Waals surface area contributed by atoms with Crippen LogP contribution in [0, 0.1) is 5.41 Å². The summed E-state index contributed by atoms with van der Waals surface area (Å²) in [4.78, 5) is 35.7. The molecule has 21 heavy (non-hydrogen) atoms. The van der Waals surface area contributed by atoms with Crippen LogP contribution in [0.25, 0.3) is 0 Å². The molecule has 1 saturated heterocycles.